The Bertz CT molecular complexity index is 605. The molecular weight excluding hydrogens is 295 g/mol. The first-order valence-corrected chi connectivity index (χ1v) is 7.13. The molecule has 0 saturated carbocycles. The van der Waals surface area contributed by atoms with E-state index in [0.717, 1.165) is 12.1 Å². The monoisotopic (exact) mass is 308 g/mol. The zero-order valence-corrected chi connectivity index (χ0v) is 12.2. The molecule has 3 rings (SSSR count). The van der Waals surface area contributed by atoms with Crippen LogP contribution in [-0.4, -0.2) is 29.1 Å². The van der Waals surface area contributed by atoms with Gasteiger partial charge in [-0.3, -0.25) is 0 Å². The molecule has 1 fully saturated rings. The quantitative estimate of drug-likeness (QED) is 0.927. The van der Waals surface area contributed by atoms with Crippen LogP contribution in [-0.2, 0) is 0 Å². The fourth-order valence-electron chi connectivity index (χ4n) is 2.58. The van der Waals surface area contributed by atoms with Gasteiger partial charge in [0.15, 0.2) is 0 Å². The summed E-state index contributed by atoms with van der Waals surface area (Å²) in [6.07, 6.45) is 3.47. The second-order valence-electron chi connectivity index (χ2n) is 4.89. The Balaban J connectivity index is 1.85. The van der Waals surface area contributed by atoms with Gasteiger partial charge in [-0.2, -0.15) is 0 Å². The zero-order chi connectivity index (χ0) is 14.1. The molecule has 1 aliphatic heterocycles. The standard InChI is InChI=1S/C14H14Cl2N4/c15-9-2-3-10(12(16)6-9)11-7-20(8-13(11)17)14-18-4-1-5-19-14/h1-6,11,13H,7-8,17H2. The lowest BCUT2D eigenvalue weighted by Gasteiger charge is -2.17. The van der Waals surface area contributed by atoms with Gasteiger partial charge in [0, 0.05) is 47.5 Å². The van der Waals surface area contributed by atoms with E-state index in [-0.39, 0.29) is 12.0 Å². The van der Waals surface area contributed by atoms with Crippen molar-refractivity contribution in [2.75, 3.05) is 18.0 Å². The minimum absolute atomic E-state index is 0.00233. The molecule has 1 saturated heterocycles. The number of anilines is 1. The minimum Gasteiger partial charge on any atom is -0.339 e. The van der Waals surface area contributed by atoms with Crippen LogP contribution in [0.1, 0.15) is 11.5 Å². The van der Waals surface area contributed by atoms with E-state index in [9.17, 15) is 0 Å². The minimum atomic E-state index is -0.00233. The van der Waals surface area contributed by atoms with Gasteiger partial charge in [0.2, 0.25) is 5.95 Å². The lowest BCUT2D eigenvalue weighted by atomic mass is 9.95. The van der Waals surface area contributed by atoms with Gasteiger partial charge in [-0.05, 0) is 23.8 Å². The van der Waals surface area contributed by atoms with Crippen molar-refractivity contribution in [1.82, 2.24) is 9.97 Å². The molecule has 2 unspecified atom stereocenters. The van der Waals surface area contributed by atoms with Crippen molar-refractivity contribution in [3.05, 3.63) is 52.3 Å². The van der Waals surface area contributed by atoms with E-state index in [2.05, 4.69) is 14.9 Å². The third-order valence-electron chi connectivity index (χ3n) is 3.56. The Morgan fingerprint density at radius 2 is 1.90 bits per heavy atom. The normalized spacial score (nSPS) is 22.2. The third kappa shape index (κ3) is 2.59. The average Bonchev–Trinajstić information content (AvgIpc) is 2.82. The number of halogens is 2. The number of nitrogens with zero attached hydrogens (tertiary/aromatic N) is 3. The SMILES string of the molecule is NC1CN(c2ncccn2)CC1c1ccc(Cl)cc1Cl. The predicted molar refractivity (Wildman–Crippen MR) is 81.4 cm³/mol. The maximum atomic E-state index is 6.28. The predicted octanol–water partition coefficient (Wildman–Crippen LogP) is 2.71. The van der Waals surface area contributed by atoms with Crippen LogP contribution in [0.25, 0.3) is 0 Å². The van der Waals surface area contributed by atoms with Gasteiger partial charge in [-0.25, -0.2) is 9.97 Å². The van der Waals surface area contributed by atoms with E-state index in [4.69, 9.17) is 28.9 Å². The summed E-state index contributed by atoms with van der Waals surface area (Å²) < 4.78 is 0. The highest BCUT2D eigenvalue weighted by atomic mass is 35.5. The Labute approximate surface area is 127 Å². The summed E-state index contributed by atoms with van der Waals surface area (Å²) >= 11 is 12.2. The molecule has 4 nitrogen and oxygen atoms in total. The fraction of sp³-hybridized carbons (Fsp3) is 0.286. The van der Waals surface area contributed by atoms with Crippen LogP contribution in [0.15, 0.2) is 36.7 Å². The molecule has 2 aromatic rings. The highest BCUT2D eigenvalue weighted by Gasteiger charge is 2.33. The van der Waals surface area contributed by atoms with E-state index in [1.54, 1.807) is 24.5 Å². The first kappa shape index (κ1) is 13.6. The Hall–Kier alpha value is -1.36. The van der Waals surface area contributed by atoms with Gasteiger partial charge in [-0.15, -0.1) is 0 Å². The van der Waals surface area contributed by atoms with Gasteiger partial charge in [0.25, 0.3) is 0 Å². The van der Waals surface area contributed by atoms with Gasteiger partial charge in [0.1, 0.15) is 0 Å². The second-order valence-corrected chi connectivity index (χ2v) is 5.73. The maximum Gasteiger partial charge on any atom is 0.225 e. The van der Waals surface area contributed by atoms with Crippen LogP contribution in [0.5, 0.6) is 0 Å². The Kier molecular flexibility index (Phi) is 3.78. The molecule has 2 atom stereocenters. The van der Waals surface area contributed by atoms with Crippen LogP contribution in [0.4, 0.5) is 5.95 Å². The fourth-order valence-corrected chi connectivity index (χ4v) is 3.13. The first-order chi connectivity index (χ1) is 9.65. The van der Waals surface area contributed by atoms with Crippen molar-refractivity contribution in [3.63, 3.8) is 0 Å². The van der Waals surface area contributed by atoms with E-state index < -0.39 is 0 Å². The van der Waals surface area contributed by atoms with Gasteiger partial charge in [-0.1, -0.05) is 29.3 Å². The molecule has 20 heavy (non-hydrogen) atoms. The average molecular weight is 309 g/mol. The molecule has 0 amide bonds. The van der Waals surface area contributed by atoms with Gasteiger partial charge >= 0.3 is 0 Å². The third-order valence-corrected chi connectivity index (χ3v) is 4.12. The maximum absolute atomic E-state index is 6.28. The van der Waals surface area contributed by atoms with Crippen molar-refractivity contribution >= 4 is 29.2 Å². The van der Waals surface area contributed by atoms with Crippen molar-refractivity contribution in [1.29, 1.82) is 0 Å². The molecule has 104 valence electrons. The van der Waals surface area contributed by atoms with Crippen LogP contribution < -0.4 is 10.6 Å². The van der Waals surface area contributed by atoms with Crippen LogP contribution in [0.2, 0.25) is 10.0 Å². The lowest BCUT2D eigenvalue weighted by Crippen LogP contribution is -2.29. The molecule has 1 aliphatic rings. The highest BCUT2D eigenvalue weighted by molar-refractivity contribution is 6.35. The molecule has 1 aromatic heterocycles. The van der Waals surface area contributed by atoms with Crippen LogP contribution >= 0.6 is 23.2 Å². The van der Waals surface area contributed by atoms with Gasteiger partial charge < -0.3 is 10.6 Å². The number of hydrogen-bond acceptors (Lipinski definition) is 4. The topological polar surface area (TPSA) is 55.0 Å². The first-order valence-electron chi connectivity index (χ1n) is 6.37. The summed E-state index contributed by atoms with van der Waals surface area (Å²) in [7, 11) is 0. The Morgan fingerprint density at radius 1 is 1.15 bits per heavy atom. The zero-order valence-electron chi connectivity index (χ0n) is 10.7. The molecule has 0 bridgehead atoms. The van der Waals surface area contributed by atoms with E-state index in [1.807, 2.05) is 12.1 Å². The summed E-state index contributed by atoms with van der Waals surface area (Å²) in [5.41, 5.74) is 7.29. The van der Waals surface area contributed by atoms with Crippen molar-refractivity contribution < 1.29 is 0 Å². The number of hydrogen-bond donors (Lipinski definition) is 1. The molecule has 6 heteroatoms. The molecular formula is C14H14Cl2N4. The molecule has 0 radical (unpaired) electrons. The number of benzene rings is 1. The van der Waals surface area contributed by atoms with Crippen LogP contribution in [0.3, 0.4) is 0 Å². The van der Waals surface area contributed by atoms with Crippen LogP contribution in [0, 0.1) is 0 Å². The highest BCUT2D eigenvalue weighted by Crippen LogP contribution is 2.34. The largest absolute Gasteiger partial charge is 0.339 e. The van der Waals surface area contributed by atoms with E-state index >= 15 is 0 Å². The smallest absolute Gasteiger partial charge is 0.225 e. The molecule has 2 heterocycles. The summed E-state index contributed by atoms with van der Waals surface area (Å²) in [4.78, 5) is 10.6. The van der Waals surface area contributed by atoms with Crippen molar-refractivity contribution in [3.8, 4) is 0 Å². The van der Waals surface area contributed by atoms with Crippen molar-refractivity contribution in [2.45, 2.75) is 12.0 Å². The number of rotatable bonds is 2. The second kappa shape index (κ2) is 5.56. The van der Waals surface area contributed by atoms with E-state index in [1.165, 1.54) is 0 Å². The van der Waals surface area contributed by atoms with Crippen molar-refractivity contribution in [2.24, 2.45) is 5.73 Å². The number of nitrogens with two attached hydrogens (primary N) is 1. The summed E-state index contributed by atoms with van der Waals surface area (Å²) in [5, 5.41) is 1.29. The molecule has 1 aromatic carbocycles. The summed E-state index contributed by atoms with van der Waals surface area (Å²) in [5.74, 6) is 0.860. The lowest BCUT2D eigenvalue weighted by molar-refractivity contribution is 0.653. The molecule has 0 spiro atoms. The molecule has 2 N–H and O–H groups in total. The Morgan fingerprint density at radius 3 is 2.60 bits per heavy atom. The summed E-state index contributed by atoms with van der Waals surface area (Å²) in [6, 6.07) is 7.35. The number of aromatic nitrogens is 2. The van der Waals surface area contributed by atoms with Gasteiger partial charge in [0.05, 0.1) is 0 Å². The van der Waals surface area contributed by atoms with E-state index in [0.29, 0.717) is 22.5 Å². The molecule has 0 aliphatic carbocycles. The summed E-state index contributed by atoms with van der Waals surface area (Å²) in [6.45, 7) is 1.47.